The van der Waals surface area contributed by atoms with Gasteiger partial charge in [-0.3, -0.25) is 14.9 Å². The van der Waals surface area contributed by atoms with E-state index in [0.29, 0.717) is 12.1 Å². The predicted molar refractivity (Wildman–Crippen MR) is 81.0 cm³/mol. The Morgan fingerprint density at radius 2 is 2.10 bits per heavy atom. The molecule has 0 aromatic heterocycles. The zero-order valence-electron chi connectivity index (χ0n) is 12.5. The van der Waals surface area contributed by atoms with Gasteiger partial charge >= 0.3 is 0 Å². The minimum absolute atomic E-state index is 0.0782. The highest BCUT2D eigenvalue weighted by Crippen LogP contribution is 2.37. The second-order valence-corrected chi connectivity index (χ2v) is 5.71. The van der Waals surface area contributed by atoms with E-state index in [1.807, 2.05) is 0 Å². The van der Waals surface area contributed by atoms with Gasteiger partial charge in [0.1, 0.15) is 5.69 Å². The van der Waals surface area contributed by atoms with Crippen LogP contribution in [0.25, 0.3) is 0 Å². The molecule has 0 unspecified atom stereocenters. The summed E-state index contributed by atoms with van der Waals surface area (Å²) in [6, 6.07) is 4.26. The number of amides is 1. The normalized spacial score (nSPS) is 17.0. The maximum Gasteiger partial charge on any atom is 0.292 e. The number of likely N-dealkylation sites (tertiary alicyclic amines) is 1. The summed E-state index contributed by atoms with van der Waals surface area (Å²) in [7, 11) is 0. The molecule has 1 aromatic rings. The van der Waals surface area contributed by atoms with Gasteiger partial charge in [0.2, 0.25) is 0 Å². The van der Waals surface area contributed by atoms with Crippen molar-refractivity contribution in [2.45, 2.75) is 33.1 Å². The molecule has 6 nitrogen and oxygen atoms in total. The number of nitrogens with two attached hydrogens (primary N) is 1. The van der Waals surface area contributed by atoms with Gasteiger partial charge in [-0.2, -0.15) is 0 Å². The van der Waals surface area contributed by atoms with Crippen molar-refractivity contribution in [3.8, 4) is 0 Å². The van der Waals surface area contributed by atoms with Crippen LogP contribution in [-0.2, 0) is 0 Å². The van der Waals surface area contributed by atoms with Gasteiger partial charge in [0.25, 0.3) is 11.6 Å². The lowest BCUT2D eigenvalue weighted by Crippen LogP contribution is -2.31. The van der Waals surface area contributed by atoms with Crippen molar-refractivity contribution < 1.29 is 9.72 Å². The number of nitrogens with zero attached hydrogens (tertiary/aromatic N) is 2. The Kier molecular flexibility index (Phi) is 4.16. The van der Waals surface area contributed by atoms with E-state index in [9.17, 15) is 14.9 Å². The van der Waals surface area contributed by atoms with Gasteiger partial charge < -0.3 is 10.6 Å². The van der Waals surface area contributed by atoms with E-state index in [1.54, 1.807) is 11.0 Å². The van der Waals surface area contributed by atoms with E-state index in [4.69, 9.17) is 5.73 Å². The van der Waals surface area contributed by atoms with Crippen molar-refractivity contribution in [2.24, 2.45) is 5.41 Å². The Morgan fingerprint density at radius 3 is 2.62 bits per heavy atom. The number of hydrogen-bond donors (Lipinski definition) is 1. The van der Waals surface area contributed by atoms with Gasteiger partial charge in [-0.25, -0.2) is 0 Å². The van der Waals surface area contributed by atoms with Gasteiger partial charge in [0.15, 0.2) is 0 Å². The molecule has 21 heavy (non-hydrogen) atoms. The minimum atomic E-state index is -0.557. The molecule has 2 N–H and O–H groups in total. The van der Waals surface area contributed by atoms with Crippen LogP contribution in [0.5, 0.6) is 0 Å². The molecule has 2 rings (SSSR count). The first-order chi connectivity index (χ1) is 9.92. The Hall–Kier alpha value is -2.11. The Labute approximate surface area is 124 Å². The summed E-state index contributed by atoms with van der Waals surface area (Å²) in [4.78, 5) is 24.7. The maximum atomic E-state index is 12.5. The third kappa shape index (κ3) is 2.84. The lowest BCUT2D eigenvalue weighted by atomic mass is 9.82. The summed E-state index contributed by atoms with van der Waals surface area (Å²) in [5, 5.41) is 10.9. The molecule has 1 aliphatic heterocycles. The average Bonchev–Trinajstić information content (AvgIpc) is 2.92. The highest BCUT2D eigenvalue weighted by Gasteiger charge is 2.37. The summed E-state index contributed by atoms with van der Waals surface area (Å²) >= 11 is 0. The van der Waals surface area contributed by atoms with Gasteiger partial charge in [-0.05, 0) is 36.8 Å². The average molecular weight is 291 g/mol. The largest absolute Gasteiger partial charge is 0.393 e. The van der Waals surface area contributed by atoms with Crippen LogP contribution in [0.4, 0.5) is 11.4 Å². The summed E-state index contributed by atoms with van der Waals surface area (Å²) in [5.74, 6) is -0.151. The van der Waals surface area contributed by atoms with Gasteiger partial charge in [-0.1, -0.05) is 13.8 Å². The molecule has 0 radical (unpaired) electrons. The van der Waals surface area contributed by atoms with E-state index in [-0.39, 0.29) is 22.7 Å². The van der Waals surface area contributed by atoms with E-state index in [2.05, 4.69) is 13.8 Å². The first kappa shape index (κ1) is 15.3. The summed E-state index contributed by atoms with van der Waals surface area (Å²) in [6.45, 7) is 5.72. The molecular weight excluding hydrogens is 270 g/mol. The van der Waals surface area contributed by atoms with Crippen LogP contribution in [-0.4, -0.2) is 28.8 Å². The quantitative estimate of drug-likeness (QED) is 0.524. The van der Waals surface area contributed by atoms with Crippen molar-refractivity contribution in [3.05, 3.63) is 33.9 Å². The van der Waals surface area contributed by atoms with Gasteiger partial charge in [0.05, 0.1) is 4.92 Å². The van der Waals surface area contributed by atoms with Crippen LogP contribution < -0.4 is 5.73 Å². The fourth-order valence-electron chi connectivity index (χ4n) is 2.95. The second-order valence-electron chi connectivity index (χ2n) is 5.71. The van der Waals surface area contributed by atoms with Crippen LogP contribution in [0.1, 0.15) is 43.5 Å². The number of rotatable bonds is 4. The van der Waals surface area contributed by atoms with E-state index in [1.165, 1.54) is 12.1 Å². The second kappa shape index (κ2) is 5.71. The van der Waals surface area contributed by atoms with E-state index in [0.717, 1.165) is 25.8 Å². The molecule has 114 valence electrons. The highest BCUT2D eigenvalue weighted by molar-refractivity contribution is 5.95. The van der Waals surface area contributed by atoms with Crippen molar-refractivity contribution >= 4 is 17.3 Å². The molecule has 1 aromatic carbocycles. The van der Waals surface area contributed by atoms with Crippen LogP contribution >= 0.6 is 0 Å². The molecule has 0 saturated carbocycles. The van der Waals surface area contributed by atoms with Crippen LogP contribution in [0.15, 0.2) is 18.2 Å². The smallest absolute Gasteiger partial charge is 0.292 e. The minimum Gasteiger partial charge on any atom is -0.393 e. The molecular formula is C15H21N3O3. The molecule has 0 bridgehead atoms. The summed E-state index contributed by atoms with van der Waals surface area (Å²) in [5.41, 5.74) is 5.95. The summed E-state index contributed by atoms with van der Waals surface area (Å²) < 4.78 is 0. The molecule has 1 saturated heterocycles. The maximum absolute atomic E-state index is 12.5. The number of carbonyl (C=O) groups excluding carboxylic acids is 1. The predicted octanol–water partition coefficient (Wildman–Crippen LogP) is 2.83. The standard InChI is InChI=1S/C15H21N3O3/c1-3-15(4-2)7-8-17(10-15)14(19)11-5-6-12(16)13(9-11)18(20)21/h5-6,9H,3-4,7-8,10,16H2,1-2H3. The van der Waals surface area contributed by atoms with Crippen molar-refractivity contribution in [1.29, 1.82) is 0 Å². The third-order valence-electron chi connectivity index (χ3n) is 4.70. The van der Waals surface area contributed by atoms with Crippen LogP contribution in [0.2, 0.25) is 0 Å². The lowest BCUT2D eigenvalue weighted by Gasteiger charge is -2.26. The van der Waals surface area contributed by atoms with E-state index < -0.39 is 4.92 Å². The Bertz CT molecular complexity index is 567. The SMILES string of the molecule is CCC1(CC)CCN(C(=O)c2ccc(N)c([N+](=O)[O-])c2)C1. The first-order valence-corrected chi connectivity index (χ1v) is 7.25. The molecule has 1 aliphatic rings. The van der Waals surface area contributed by atoms with Crippen molar-refractivity contribution in [3.63, 3.8) is 0 Å². The molecule has 1 heterocycles. The fourth-order valence-corrected chi connectivity index (χ4v) is 2.95. The molecule has 0 aliphatic carbocycles. The number of carbonyl (C=O) groups is 1. The first-order valence-electron chi connectivity index (χ1n) is 7.25. The molecule has 6 heteroatoms. The van der Waals surface area contributed by atoms with Crippen LogP contribution in [0, 0.1) is 15.5 Å². The number of hydrogen-bond acceptors (Lipinski definition) is 4. The zero-order valence-corrected chi connectivity index (χ0v) is 12.5. The molecule has 0 spiro atoms. The van der Waals surface area contributed by atoms with Crippen molar-refractivity contribution in [1.82, 2.24) is 4.90 Å². The Morgan fingerprint density at radius 1 is 1.43 bits per heavy atom. The number of benzene rings is 1. The third-order valence-corrected chi connectivity index (χ3v) is 4.70. The highest BCUT2D eigenvalue weighted by atomic mass is 16.6. The number of nitrogen functional groups attached to an aromatic ring is 1. The number of nitro benzene ring substituents is 1. The lowest BCUT2D eigenvalue weighted by molar-refractivity contribution is -0.383. The monoisotopic (exact) mass is 291 g/mol. The topological polar surface area (TPSA) is 89.5 Å². The van der Waals surface area contributed by atoms with Gasteiger partial charge in [0, 0.05) is 24.7 Å². The van der Waals surface area contributed by atoms with Gasteiger partial charge in [-0.15, -0.1) is 0 Å². The fraction of sp³-hybridized carbons (Fsp3) is 0.533. The molecule has 1 amide bonds. The summed E-state index contributed by atoms with van der Waals surface area (Å²) in [6.07, 6.45) is 3.06. The Balaban J connectivity index is 2.22. The van der Waals surface area contributed by atoms with E-state index >= 15 is 0 Å². The van der Waals surface area contributed by atoms with Crippen molar-refractivity contribution in [2.75, 3.05) is 18.8 Å². The number of nitro groups is 1. The molecule has 1 fully saturated rings. The molecule has 0 atom stereocenters. The zero-order chi connectivity index (χ0) is 15.6. The van der Waals surface area contributed by atoms with Crippen LogP contribution in [0.3, 0.4) is 0 Å². The number of anilines is 1.